The fraction of sp³-hybridized carbons (Fsp3) is 0.517. The molecule has 1 unspecified atom stereocenters. The molecule has 1 aromatic heterocycles. The van der Waals surface area contributed by atoms with E-state index in [0.717, 1.165) is 55.0 Å². The molecule has 1 aliphatic heterocycles. The van der Waals surface area contributed by atoms with E-state index in [4.69, 9.17) is 9.72 Å². The number of carbonyl (C=O) groups excluding carboxylic acids is 1. The molecule has 0 N–H and O–H groups in total. The van der Waals surface area contributed by atoms with Crippen LogP contribution < -0.4 is 4.74 Å². The van der Waals surface area contributed by atoms with Gasteiger partial charge in [-0.15, -0.1) is 0 Å². The van der Waals surface area contributed by atoms with Gasteiger partial charge in [0.25, 0.3) is 0 Å². The molecule has 0 spiro atoms. The van der Waals surface area contributed by atoms with E-state index in [1.165, 1.54) is 24.8 Å². The first-order chi connectivity index (χ1) is 16.6. The van der Waals surface area contributed by atoms with E-state index in [0.29, 0.717) is 30.9 Å². The molecule has 5 nitrogen and oxygen atoms in total. The number of likely N-dealkylation sites (tertiary alicyclic amines) is 1. The zero-order valence-electron chi connectivity index (χ0n) is 20.6. The van der Waals surface area contributed by atoms with Gasteiger partial charge < -0.3 is 14.2 Å². The number of ether oxygens (including phenoxy) is 1. The number of benzene rings is 2. The molecule has 1 aliphatic carbocycles. The Balaban J connectivity index is 1.30. The molecule has 5 rings (SSSR count). The minimum absolute atomic E-state index is 0.171. The van der Waals surface area contributed by atoms with Gasteiger partial charge in [0.15, 0.2) is 0 Å². The van der Waals surface area contributed by atoms with Crippen LogP contribution in [0.25, 0.3) is 11.0 Å². The van der Waals surface area contributed by atoms with Crippen molar-refractivity contribution >= 4 is 16.9 Å². The van der Waals surface area contributed by atoms with E-state index < -0.39 is 0 Å². The number of carbonyl (C=O) groups is 1. The SMILES string of the molecule is CC(C)c1ccccc1OCCCn1c(C2CC(=O)N(C3CCCCC3)C2)nc2ccccc21. The summed E-state index contributed by atoms with van der Waals surface area (Å²) in [4.78, 5) is 20.1. The molecular formula is C29H37N3O2. The monoisotopic (exact) mass is 459 g/mol. The summed E-state index contributed by atoms with van der Waals surface area (Å²) in [6.07, 6.45) is 7.59. The highest BCUT2D eigenvalue weighted by Crippen LogP contribution is 2.35. The number of para-hydroxylation sites is 3. The number of nitrogens with zero attached hydrogens (tertiary/aromatic N) is 3. The van der Waals surface area contributed by atoms with Gasteiger partial charge in [0.1, 0.15) is 11.6 Å². The van der Waals surface area contributed by atoms with Crippen LogP contribution in [0.15, 0.2) is 48.5 Å². The molecule has 0 bridgehead atoms. The van der Waals surface area contributed by atoms with Crippen LogP contribution >= 0.6 is 0 Å². The summed E-state index contributed by atoms with van der Waals surface area (Å²) in [5, 5.41) is 0. The summed E-state index contributed by atoms with van der Waals surface area (Å²) in [5.41, 5.74) is 3.43. The number of aromatic nitrogens is 2. The third-order valence-corrected chi connectivity index (χ3v) is 7.55. The lowest BCUT2D eigenvalue weighted by atomic mass is 9.94. The van der Waals surface area contributed by atoms with Crippen molar-refractivity contribution < 1.29 is 9.53 Å². The van der Waals surface area contributed by atoms with Crippen LogP contribution in [-0.2, 0) is 11.3 Å². The van der Waals surface area contributed by atoms with Crippen molar-refractivity contribution in [2.45, 2.75) is 83.2 Å². The summed E-state index contributed by atoms with van der Waals surface area (Å²) in [6, 6.07) is 17.1. The molecule has 1 amide bonds. The molecule has 1 atom stereocenters. The third-order valence-electron chi connectivity index (χ3n) is 7.55. The molecule has 3 aromatic rings. The number of aryl methyl sites for hydroxylation is 1. The third kappa shape index (κ3) is 4.70. The van der Waals surface area contributed by atoms with Crippen molar-refractivity contribution in [1.29, 1.82) is 0 Å². The van der Waals surface area contributed by atoms with Crippen molar-refractivity contribution in [3.05, 3.63) is 59.9 Å². The van der Waals surface area contributed by atoms with Gasteiger partial charge >= 0.3 is 0 Å². The fourth-order valence-electron chi connectivity index (χ4n) is 5.78. The van der Waals surface area contributed by atoms with Gasteiger partial charge in [0.2, 0.25) is 5.91 Å². The second-order valence-electron chi connectivity index (χ2n) is 10.2. The molecule has 1 saturated carbocycles. The highest BCUT2D eigenvalue weighted by Gasteiger charge is 2.37. The highest BCUT2D eigenvalue weighted by molar-refractivity contribution is 5.81. The fourth-order valence-corrected chi connectivity index (χ4v) is 5.78. The predicted molar refractivity (Wildman–Crippen MR) is 136 cm³/mol. The first-order valence-electron chi connectivity index (χ1n) is 13.1. The Labute approximate surface area is 203 Å². The average Bonchev–Trinajstić information content (AvgIpc) is 3.43. The van der Waals surface area contributed by atoms with Gasteiger partial charge in [0.05, 0.1) is 17.6 Å². The molecule has 2 aromatic carbocycles. The Bertz CT molecular complexity index is 1130. The van der Waals surface area contributed by atoms with Gasteiger partial charge in [-0.25, -0.2) is 4.98 Å². The Kier molecular flexibility index (Phi) is 6.89. The van der Waals surface area contributed by atoms with E-state index >= 15 is 0 Å². The number of imidazole rings is 1. The summed E-state index contributed by atoms with van der Waals surface area (Å²) >= 11 is 0. The first kappa shape index (κ1) is 22.9. The topological polar surface area (TPSA) is 47.4 Å². The second-order valence-corrected chi connectivity index (χ2v) is 10.2. The van der Waals surface area contributed by atoms with Gasteiger partial charge in [-0.05, 0) is 48.9 Å². The van der Waals surface area contributed by atoms with E-state index in [2.05, 4.69) is 59.7 Å². The summed E-state index contributed by atoms with van der Waals surface area (Å²) < 4.78 is 8.53. The van der Waals surface area contributed by atoms with Crippen LogP contribution in [0.3, 0.4) is 0 Å². The standard InChI is InChI=1S/C29H37N3O2/c1-21(2)24-13-6-9-16-27(24)34-18-10-17-31-26-15-8-7-14-25(26)30-29(31)22-19-28(33)32(20-22)23-11-4-3-5-12-23/h6-9,13-16,21-23H,3-5,10-12,17-20H2,1-2H3. The lowest BCUT2D eigenvalue weighted by Gasteiger charge is -2.31. The van der Waals surface area contributed by atoms with Gasteiger partial charge in [-0.2, -0.15) is 0 Å². The van der Waals surface area contributed by atoms with Crippen molar-refractivity contribution in [3.63, 3.8) is 0 Å². The van der Waals surface area contributed by atoms with Crippen molar-refractivity contribution in [1.82, 2.24) is 14.5 Å². The largest absolute Gasteiger partial charge is 0.493 e. The average molecular weight is 460 g/mol. The Morgan fingerprint density at radius 1 is 1.03 bits per heavy atom. The van der Waals surface area contributed by atoms with Crippen molar-refractivity contribution in [3.8, 4) is 5.75 Å². The number of rotatable bonds is 8. The van der Waals surface area contributed by atoms with Gasteiger partial charge in [0, 0.05) is 31.5 Å². The Morgan fingerprint density at radius 3 is 2.62 bits per heavy atom. The lowest BCUT2D eigenvalue weighted by Crippen LogP contribution is -2.37. The van der Waals surface area contributed by atoms with Crippen molar-refractivity contribution in [2.75, 3.05) is 13.2 Å². The minimum atomic E-state index is 0.171. The molecule has 0 radical (unpaired) electrons. The van der Waals surface area contributed by atoms with Crippen molar-refractivity contribution in [2.24, 2.45) is 0 Å². The molecular weight excluding hydrogens is 422 g/mol. The van der Waals surface area contributed by atoms with Crippen LogP contribution in [-0.4, -0.2) is 39.6 Å². The van der Waals surface area contributed by atoms with Crippen LogP contribution in [0.5, 0.6) is 5.75 Å². The number of fused-ring (bicyclic) bond motifs is 1. The predicted octanol–water partition coefficient (Wildman–Crippen LogP) is 6.28. The molecule has 34 heavy (non-hydrogen) atoms. The molecule has 2 heterocycles. The van der Waals surface area contributed by atoms with Crippen LogP contribution in [0.4, 0.5) is 0 Å². The van der Waals surface area contributed by atoms with Gasteiger partial charge in [-0.1, -0.05) is 63.4 Å². The van der Waals surface area contributed by atoms with Crippen LogP contribution in [0, 0.1) is 0 Å². The summed E-state index contributed by atoms with van der Waals surface area (Å²) in [5.74, 6) is 2.97. The van der Waals surface area contributed by atoms with E-state index in [-0.39, 0.29) is 5.92 Å². The smallest absolute Gasteiger partial charge is 0.223 e. The molecule has 2 fully saturated rings. The molecule has 180 valence electrons. The molecule has 2 aliphatic rings. The zero-order chi connectivity index (χ0) is 23.5. The zero-order valence-corrected chi connectivity index (χ0v) is 20.6. The quantitative estimate of drug-likeness (QED) is 0.373. The van der Waals surface area contributed by atoms with Gasteiger partial charge in [-0.3, -0.25) is 4.79 Å². The lowest BCUT2D eigenvalue weighted by molar-refractivity contribution is -0.130. The number of amides is 1. The van der Waals surface area contributed by atoms with E-state index in [9.17, 15) is 4.79 Å². The second kappa shape index (κ2) is 10.2. The normalized spacial score (nSPS) is 19.4. The maximum absolute atomic E-state index is 13.0. The maximum Gasteiger partial charge on any atom is 0.223 e. The number of hydrogen-bond acceptors (Lipinski definition) is 3. The molecule has 5 heteroatoms. The number of hydrogen-bond donors (Lipinski definition) is 0. The van der Waals surface area contributed by atoms with Crippen LogP contribution in [0.1, 0.15) is 82.0 Å². The summed E-state index contributed by atoms with van der Waals surface area (Å²) in [7, 11) is 0. The first-order valence-corrected chi connectivity index (χ1v) is 13.1. The molecule has 1 saturated heterocycles. The minimum Gasteiger partial charge on any atom is -0.493 e. The van der Waals surface area contributed by atoms with E-state index in [1.807, 2.05) is 12.1 Å². The van der Waals surface area contributed by atoms with Crippen LogP contribution in [0.2, 0.25) is 0 Å². The maximum atomic E-state index is 13.0. The Morgan fingerprint density at radius 2 is 1.79 bits per heavy atom. The summed E-state index contributed by atoms with van der Waals surface area (Å²) in [6.45, 7) is 6.71. The highest BCUT2D eigenvalue weighted by atomic mass is 16.5. The Hall–Kier alpha value is -2.82. The van der Waals surface area contributed by atoms with E-state index in [1.54, 1.807) is 0 Å².